The lowest BCUT2D eigenvalue weighted by Crippen LogP contribution is -2.44. The van der Waals surface area contributed by atoms with Gasteiger partial charge in [-0.1, -0.05) is 29.8 Å². The van der Waals surface area contributed by atoms with E-state index in [4.69, 9.17) is 4.74 Å². The molecule has 2 rings (SSSR count). The summed E-state index contributed by atoms with van der Waals surface area (Å²) in [5.74, 6) is 0.0122. The minimum atomic E-state index is -0.519. The number of morpholine rings is 1. The van der Waals surface area contributed by atoms with Crippen molar-refractivity contribution in [1.29, 1.82) is 0 Å². The summed E-state index contributed by atoms with van der Waals surface area (Å²) in [6.45, 7) is 6.12. The number of hydrogen-bond acceptors (Lipinski definition) is 4. The highest BCUT2D eigenvalue weighted by Crippen LogP contribution is 2.07. The average Bonchev–Trinajstić information content (AvgIpc) is 2.56. The van der Waals surface area contributed by atoms with Gasteiger partial charge in [-0.3, -0.25) is 9.69 Å². The van der Waals surface area contributed by atoms with Gasteiger partial charge in [0.1, 0.15) is 0 Å². The van der Waals surface area contributed by atoms with Crippen LogP contribution < -0.4 is 5.32 Å². The number of amides is 1. The number of β-amino-alcohol motifs (C(OH)–C–C–N with tert-alkyl or cyclic N) is 1. The van der Waals surface area contributed by atoms with E-state index < -0.39 is 6.10 Å². The van der Waals surface area contributed by atoms with Gasteiger partial charge < -0.3 is 15.2 Å². The molecule has 1 saturated heterocycles. The van der Waals surface area contributed by atoms with Gasteiger partial charge in [-0.05, 0) is 25.3 Å². The lowest BCUT2D eigenvalue weighted by molar-refractivity contribution is -0.121. The normalized spacial score (nSPS) is 17.0. The highest BCUT2D eigenvalue weighted by Gasteiger charge is 2.15. The fourth-order valence-electron chi connectivity index (χ4n) is 2.67. The van der Waals surface area contributed by atoms with Crippen LogP contribution in [0.15, 0.2) is 24.3 Å². The van der Waals surface area contributed by atoms with Crippen molar-refractivity contribution in [1.82, 2.24) is 10.2 Å². The van der Waals surface area contributed by atoms with Gasteiger partial charge in [0.05, 0.1) is 19.3 Å². The van der Waals surface area contributed by atoms with Crippen LogP contribution in [0.4, 0.5) is 0 Å². The fourth-order valence-corrected chi connectivity index (χ4v) is 2.67. The average molecular weight is 320 g/mol. The number of carbonyl (C=O) groups is 1. The lowest BCUT2D eigenvalue weighted by Gasteiger charge is -2.28. The number of aliphatic hydroxyl groups excluding tert-OH is 1. The third-order valence-electron chi connectivity index (χ3n) is 4.10. The summed E-state index contributed by atoms with van der Waals surface area (Å²) in [7, 11) is 0. The van der Waals surface area contributed by atoms with Crippen LogP contribution in [0.2, 0.25) is 0 Å². The molecule has 1 aliphatic rings. The predicted molar refractivity (Wildman–Crippen MR) is 90.4 cm³/mol. The Labute approximate surface area is 138 Å². The van der Waals surface area contributed by atoms with E-state index >= 15 is 0 Å². The van der Waals surface area contributed by atoms with Crippen LogP contribution in [-0.4, -0.2) is 61.4 Å². The number of carbonyl (C=O) groups excluding carboxylic acids is 1. The Morgan fingerprint density at radius 2 is 2.00 bits per heavy atom. The van der Waals surface area contributed by atoms with E-state index in [1.807, 2.05) is 0 Å². The lowest BCUT2D eigenvalue weighted by atomic mass is 10.1. The Morgan fingerprint density at radius 3 is 2.70 bits per heavy atom. The molecule has 0 aromatic heterocycles. The molecule has 1 aromatic rings. The number of benzene rings is 1. The highest BCUT2D eigenvalue weighted by atomic mass is 16.5. The van der Waals surface area contributed by atoms with E-state index in [-0.39, 0.29) is 5.91 Å². The molecule has 0 unspecified atom stereocenters. The second-order valence-corrected chi connectivity index (χ2v) is 6.21. The Kier molecular flexibility index (Phi) is 7.52. The largest absolute Gasteiger partial charge is 0.390 e. The van der Waals surface area contributed by atoms with Gasteiger partial charge in [0.15, 0.2) is 0 Å². The SMILES string of the molecule is Cc1ccc(CCCC(=O)NC[C@H](O)CN2CCOCC2)cc1. The smallest absolute Gasteiger partial charge is 0.220 e. The van der Waals surface area contributed by atoms with Crippen LogP contribution in [0.25, 0.3) is 0 Å². The van der Waals surface area contributed by atoms with Crippen LogP contribution in [0.3, 0.4) is 0 Å². The highest BCUT2D eigenvalue weighted by molar-refractivity contribution is 5.75. The first kappa shape index (κ1) is 17.9. The van der Waals surface area contributed by atoms with Crippen LogP contribution in [0.5, 0.6) is 0 Å². The molecule has 5 nitrogen and oxygen atoms in total. The second-order valence-electron chi connectivity index (χ2n) is 6.21. The molecule has 2 N–H and O–H groups in total. The number of rotatable bonds is 8. The van der Waals surface area contributed by atoms with E-state index in [1.54, 1.807) is 0 Å². The summed E-state index contributed by atoms with van der Waals surface area (Å²) in [5, 5.41) is 12.8. The molecule has 23 heavy (non-hydrogen) atoms. The Hall–Kier alpha value is -1.43. The number of nitrogens with one attached hydrogen (secondary N) is 1. The van der Waals surface area contributed by atoms with Crippen molar-refractivity contribution >= 4 is 5.91 Å². The van der Waals surface area contributed by atoms with E-state index in [1.165, 1.54) is 11.1 Å². The Morgan fingerprint density at radius 1 is 1.30 bits per heavy atom. The molecule has 1 amide bonds. The molecular formula is C18H28N2O3. The third kappa shape index (κ3) is 7.12. The maximum absolute atomic E-state index is 11.8. The molecule has 1 aromatic carbocycles. The Bertz CT molecular complexity index is 470. The van der Waals surface area contributed by atoms with Gasteiger partial charge >= 0.3 is 0 Å². The van der Waals surface area contributed by atoms with Crippen molar-refractivity contribution in [2.75, 3.05) is 39.4 Å². The van der Waals surface area contributed by atoms with Crippen molar-refractivity contribution in [3.05, 3.63) is 35.4 Å². The summed E-state index contributed by atoms with van der Waals surface area (Å²) < 4.78 is 5.27. The molecule has 5 heteroatoms. The number of aliphatic hydroxyl groups is 1. The van der Waals surface area contributed by atoms with E-state index in [2.05, 4.69) is 41.4 Å². The maximum Gasteiger partial charge on any atom is 0.220 e. The van der Waals surface area contributed by atoms with Gasteiger partial charge in [0, 0.05) is 32.6 Å². The van der Waals surface area contributed by atoms with E-state index in [0.29, 0.717) is 19.5 Å². The molecule has 1 fully saturated rings. The molecule has 0 aliphatic carbocycles. The summed E-state index contributed by atoms with van der Waals surface area (Å²) in [6.07, 6.45) is 1.71. The van der Waals surface area contributed by atoms with Crippen LogP contribution in [-0.2, 0) is 16.0 Å². The topological polar surface area (TPSA) is 61.8 Å². The van der Waals surface area contributed by atoms with Crippen molar-refractivity contribution in [3.63, 3.8) is 0 Å². The second kappa shape index (κ2) is 9.65. The number of nitrogens with zero attached hydrogens (tertiary/aromatic N) is 1. The third-order valence-corrected chi connectivity index (χ3v) is 4.10. The first-order chi connectivity index (χ1) is 11.1. The van der Waals surface area contributed by atoms with Gasteiger partial charge in [0.25, 0.3) is 0 Å². The molecule has 0 saturated carbocycles. The van der Waals surface area contributed by atoms with Crippen LogP contribution in [0.1, 0.15) is 24.0 Å². The standard InChI is InChI=1S/C18H28N2O3/c1-15-5-7-16(8-6-15)3-2-4-18(22)19-13-17(21)14-20-9-11-23-12-10-20/h5-8,17,21H,2-4,9-14H2,1H3,(H,19,22)/t17-/m0/s1. The number of ether oxygens (including phenoxy) is 1. The minimum Gasteiger partial charge on any atom is -0.390 e. The summed E-state index contributed by atoms with van der Waals surface area (Å²) in [6, 6.07) is 8.41. The summed E-state index contributed by atoms with van der Waals surface area (Å²) >= 11 is 0. The molecule has 1 atom stereocenters. The molecule has 0 bridgehead atoms. The van der Waals surface area contributed by atoms with Crippen LogP contribution >= 0.6 is 0 Å². The van der Waals surface area contributed by atoms with Gasteiger partial charge in [-0.15, -0.1) is 0 Å². The Balaban J connectivity index is 1.56. The predicted octanol–water partition coefficient (Wildman–Crippen LogP) is 1.13. The molecule has 1 heterocycles. The molecule has 0 radical (unpaired) electrons. The zero-order valence-corrected chi connectivity index (χ0v) is 14.0. The zero-order chi connectivity index (χ0) is 16.5. The molecule has 128 valence electrons. The van der Waals surface area contributed by atoms with Crippen molar-refractivity contribution in [2.45, 2.75) is 32.3 Å². The molecule has 0 spiro atoms. The van der Waals surface area contributed by atoms with Crippen LogP contribution in [0, 0.1) is 6.92 Å². The fraction of sp³-hybridized carbons (Fsp3) is 0.611. The first-order valence-corrected chi connectivity index (χ1v) is 8.44. The van der Waals surface area contributed by atoms with Crippen molar-refractivity contribution in [2.24, 2.45) is 0 Å². The van der Waals surface area contributed by atoms with E-state index in [9.17, 15) is 9.90 Å². The van der Waals surface area contributed by atoms with Crippen molar-refractivity contribution in [3.8, 4) is 0 Å². The number of aryl methyl sites for hydroxylation is 2. The molecule has 1 aliphatic heterocycles. The summed E-state index contributed by atoms with van der Waals surface area (Å²) in [4.78, 5) is 14.0. The quantitative estimate of drug-likeness (QED) is 0.754. The van der Waals surface area contributed by atoms with E-state index in [0.717, 1.165) is 39.1 Å². The summed E-state index contributed by atoms with van der Waals surface area (Å²) in [5.41, 5.74) is 2.51. The molecular weight excluding hydrogens is 292 g/mol. The first-order valence-electron chi connectivity index (χ1n) is 8.44. The minimum absolute atomic E-state index is 0.0122. The monoisotopic (exact) mass is 320 g/mol. The maximum atomic E-state index is 11.8. The van der Waals surface area contributed by atoms with Gasteiger partial charge in [-0.2, -0.15) is 0 Å². The number of hydrogen-bond donors (Lipinski definition) is 2. The van der Waals surface area contributed by atoms with Gasteiger partial charge in [0.2, 0.25) is 5.91 Å². The van der Waals surface area contributed by atoms with Crippen molar-refractivity contribution < 1.29 is 14.6 Å². The zero-order valence-electron chi connectivity index (χ0n) is 14.0. The van der Waals surface area contributed by atoms with Gasteiger partial charge in [-0.25, -0.2) is 0 Å².